The molecule has 4 aliphatic rings. The second-order valence-electron chi connectivity index (χ2n) is 7.39. The lowest BCUT2D eigenvalue weighted by Crippen LogP contribution is -2.51. The van der Waals surface area contributed by atoms with Gasteiger partial charge in [-0.15, -0.1) is 0 Å². The van der Waals surface area contributed by atoms with E-state index in [4.69, 9.17) is 0 Å². The Hall–Kier alpha value is -1.18. The van der Waals surface area contributed by atoms with Gasteiger partial charge in [-0.1, -0.05) is 6.07 Å². The summed E-state index contributed by atoms with van der Waals surface area (Å²) in [5.41, 5.74) is 1.18. The Kier molecular flexibility index (Phi) is 2.94. The van der Waals surface area contributed by atoms with Crippen molar-refractivity contribution in [3.63, 3.8) is 0 Å². The van der Waals surface area contributed by atoms with E-state index in [1.807, 2.05) is 18.3 Å². The summed E-state index contributed by atoms with van der Waals surface area (Å²) in [4.78, 5) is 12.8. The average molecular weight is 270 g/mol. The molecule has 0 spiro atoms. The van der Waals surface area contributed by atoms with Crippen molar-refractivity contribution in [2.24, 2.45) is 29.6 Å². The molecule has 1 aromatic rings. The fourth-order valence-corrected chi connectivity index (χ4v) is 5.46. The van der Waals surface area contributed by atoms with Gasteiger partial charge in [0, 0.05) is 25.0 Å². The first-order valence-corrected chi connectivity index (χ1v) is 8.18. The lowest BCUT2D eigenvalue weighted by molar-refractivity contribution is -0.690. The Labute approximate surface area is 121 Å². The van der Waals surface area contributed by atoms with Crippen LogP contribution in [-0.2, 0) is 11.3 Å². The van der Waals surface area contributed by atoms with E-state index in [-0.39, 0.29) is 0 Å². The maximum absolute atomic E-state index is 12.8. The number of carbonyl (C=O) groups is 1. The van der Waals surface area contributed by atoms with Gasteiger partial charge in [0.15, 0.2) is 11.9 Å². The van der Waals surface area contributed by atoms with Crippen LogP contribution in [0.1, 0.15) is 37.8 Å². The summed E-state index contributed by atoms with van der Waals surface area (Å²) in [6.07, 6.45) is 8.84. The molecule has 0 aromatic carbocycles. The van der Waals surface area contributed by atoms with Gasteiger partial charge in [-0.05, 0) is 55.8 Å². The zero-order chi connectivity index (χ0) is 13.7. The molecule has 1 heterocycles. The van der Waals surface area contributed by atoms with Crippen LogP contribution in [0, 0.1) is 36.5 Å². The molecule has 0 aliphatic heterocycles. The van der Waals surface area contributed by atoms with Crippen molar-refractivity contribution in [2.75, 3.05) is 0 Å². The molecule has 20 heavy (non-hydrogen) atoms. The average Bonchev–Trinajstić information content (AvgIpc) is 2.40. The fraction of sp³-hybridized carbons (Fsp3) is 0.667. The summed E-state index contributed by atoms with van der Waals surface area (Å²) < 4.78 is 2.12. The molecule has 4 fully saturated rings. The van der Waals surface area contributed by atoms with E-state index in [1.54, 1.807) is 0 Å². The summed E-state index contributed by atoms with van der Waals surface area (Å²) in [7, 11) is 0. The highest BCUT2D eigenvalue weighted by Gasteiger charge is 2.51. The minimum atomic E-state index is 0.370. The van der Waals surface area contributed by atoms with E-state index < -0.39 is 0 Å². The van der Waals surface area contributed by atoms with Crippen molar-refractivity contribution in [2.45, 2.75) is 45.6 Å². The monoisotopic (exact) mass is 270 g/mol. The van der Waals surface area contributed by atoms with Crippen LogP contribution in [0.25, 0.3) is 0 Å². The van der Waals surface area contributed by atoms with Gasteiger partial charge in [-0.2, -0.15) is 4.57 Å². The largest absolute Gasteiger partial charge is 0.292 e. The molecule has 2 nitrogen and oxygen atoms in total. The molecule has 5 rings (SSSR count). The van der Waals surface area contributed by atoms with E-state index in [9.17, 15) is 4.79 Å². The molecule has 106 valence electrons. The van der Waals surface area contributed by atoms with Crippen LogP contribution in [0.3, 0.4) is 0 Å². The smallest absolute Gasteiger partial charge is 0.207 e. The Morgan fingerprint density at radius 3 is 2.35 bits per heavy atom. The van der Waals surface area contributed by atoms with Crippen LogP contribution >= 0.6 is 0 Å². The number of Topliss-reactive ketones (excluding diaryl/α,β-unsaturated/α-hetero) is 1. The van der Waals surface area contributed by atoms with Crippen molar-refractivity contribution in [3.05, 3.63) is 30.1 Å². The minimum Gasteiger partial charge on any atom is -0.292 e. The molecule has 4 bridgehead atoms. The second-order valence-corrected chi connectivity index (χ2v) is 7.39. The number of aryl methyl sites for hydroxylation is 1. The van der Waals surface area contributed by atoms with Gasteiger partial charge in [-0.25, -0.2) is 0 Å². The minimum absolute atomic E-state index is 0.370. The third-order valence-corrected chi connectivity index (χ3v) is 6.09. The molecule has 4 saturated carbocycles. The number of aromatic nitrogens is 1. The zero-order valence-corrected chi connectivity index (χ0v) is 12.3. The third kappa shape index (κ3) is 2.01. The molecule has 0 amide bonds. The van der Waals surface area contributed by atoms with Crippen LogP contribution in [0.15, 0.2) is 24.4 Å². The van der Waals surface area contributed by atoms with Gasteiger partial charge in [0.05, 0.1) is 0 Å². The molecule has 2 heteroatoms. The van der Waals surface area contributed by atoms with Gasteiger partial charge in [0.25, 0.3) is 0 Å². The maximum Gasteiger partial charge on any atom is 0.207 e. The number of rotatable bonds is 3. The molecule has 0 atom stereocenters. The fourth-order valence-electron chi connectivity index (χ4n) is 5.46. The standard InChI is InChI=1S/C18H24NO/c1-12-4-2-3-5-19(12)11-17(20)18-15-7-13-6-14(9-15)10-16(18)8-13/h2-5,13-16,18H,6-11H2,1H3/q+1. The summed E-state index contributed by atoms with van der Waals surface area (Å²) in [6, 6.07) is 6.15. The van der Waals surface area contributed by atoms with E-state index in [0.29, 0.717) is 30.1 Å². The lowest BCUT2D eigenvalue weighted by atomic mass is 9.51. The topological polar surface area (TPSA) is 20.9 Å². The van der Waals surface area contributed by atoms with E-state index >= 15 is 0 Å². The molecular formula is C18H24NO+. The van der Waals surface area contributed by atoms with Crippen molar-refractivity contribution in [1.82, 2.24) is 0 Å². The first-order valence-electron chi connectivity index (χ1n) is 8.18. The quantitative estimate of drug-likeness (QED) is 0.774. The summed E-state index contributed by atoms with van der Waals surface area (Å²) >= 11 is 0. The molecule has 1 aromatic heterocycles. The third-order valence-electron chi connectivity index (χ3n) is 6.09. The van der Waals surface area contributed by atoms with Crippen LogP contribution in [0.5, 0.6) is 0 Å². The number of pyridine rings is 1. The Balaban J connectivity index is 1.53. The highest BCUT2D eigenvalue weighted by atomic mass is 16.1. The Morgan fingerprint density at radius 1 is 1.10 bits per heavy atom. The summed E-state index contributed by atoms with van der Waals surface area (Å²) in [5.74, 6) is 4.19. The van der Waals surface area contributed by atoms with Gasteiger partial charge in [0.2, 0.25) is 12.3 Å². The maximum atomic E-state index is 12.8. The van der Waals surface area contributed by atoms with Gasteiger partial charge < -0.3 is 0 Å². The van der Waals surface area contributed by atoms with E-state index in [0.717, 1.165) is 11.8 Å². The normalized spacial score (nSPS) is 38.1. The van der Waals surface area contributed by atoms with Crippen LogP contribution < -0.4 is 4.57 Å². The van der Waals surface area contributed by atoms with Gasteiger partial charge in [-0.3, -0.25) is 4.79 Å². The van der Waals surface area contributed by atoms with Gasteiger partial charge >= 0.3 is 0 Å². The number of ketones is 1. The summed E-state index contributed by atoms with van der Waals surface area (Å²) in [6.45, 7) is 2.67. The molecule has 0 N–H and O–H groups in total. The Bertz CT molecular complexity index is 508. The number of hydrogen-bond acceptors (Lipinski definition) is 1. The number of nitrogens with zero attached hydrogens (tertiary/aromatic N) is 1. The van der Waals surface area contributed by atoms with Crippen molar-refractivity contribution in [1.29, 1.82) is 0 Å². The first-order chi connectivity index (χ1) is 9.70. The number of carbonyl (C=O) groups excluding carboxylic acids is 1. The highest BCUT2D eigenvalue weighted by Crippen LogP contribution is 2.56. The van der Waals surface area contributed by atoms with Crippen molar-refractivity contribution < 1.29 is 9.36 Å². The van der Waals surface area contributed by atoms with E-state index in [2.05, 4.69) is 17.6 Å². The zero-order valence-electron chi connectivity index (χ0n) is 12.3. The number of hydrogen-bond donors (Lipinski definition) is 0. The van der Waals surface area contributed by atoms with Crippen molar-refractivity contribution >= 4 is 5.78 Å². The van der Waals surface area contributed by atoms with Crippen molar-refractivity contribution in [3.8, 4) is 0 Å². The van der Waals surface area contributed by atoms with Gasteiger partial charge in [0.1, 0.15) is 0 Å². The second kappa shape index (κ2) is 4.68. The highest BCUT2D eigenvalue weighted by molar-refractivity contribution is 5.80. The molecular weight excluding hydrogens is 246 g/mol. The predicted octanol–water partition coefficient (Wildman–Crippen LogP) is 2.92. The molecule has 4 aliphatic carbocycles. The molecule has 0 saturated heterocycles. The molecule has 0 radical (unpaired) electrons. The summed E-state index contributed by atoms with van der Waals surface area (Å²) in [5, 5.41) is 0. The van der Waals surface area contributed by atoms with Crippen LogP contribution in [0.4, 0.5) is 0 Å². The lowest BCUT2D eigenvalue weighted by Gasteiger charge is -2.53. The molecule has 0 unspecified atom stereocenters. The first kappa shape index (κ1) is 12.6. The van der Waals surface area contributed by atoms with Crippen LogP contribution in [-0.4, -0.2) is 5.78 Å². The predicted molar refractivity (Wildman–Crippen MR) is 76.9 cm³/mol. The Morgan fingerprint density at radius 2 is 1.75 bits per heavy atom. The van der Waals surface area contributed by atoms with Crippen LogP contribution in [0.2, 0.25) is 0 Å². The SMILES string of the molecule is Cc1cccc[n+]1CC(=O)C1C2CC3CC(C2)CC1C3. The van der Waals surface area contributed by atoms with E-state index in [1.165, 1.54) is 37.8 Å².